The number of aromatic nitrogens is 1. The molecule has 7 heteroatoms. The number of para-hydroxylation sites is 1. The first-order valence-corrected chi connectivity index (χ1v) is 7.97. The lowest BCUT2D eigenvalue weighted by atomic mass is 10.1. The minimum atomic E-state index is -0.608. The van der Waals surface area contributed by atoms with Crippen LogP contribution in [0.4, 0.5) is 11.5 Å². The number of nitrogens with one attached hydrogen (secondary N) is 1. The van der Waals surface area contributed by atoms with Gasteiger partial charge in [-0.2, -0.15) is 5.26 Å². The van der Waals surface area contributed by atoms with Crippen molar-refractivity contribution in [3.8, 4) is 11.8 Å². The number of carbonyl (C=O) groups excluding carboxylic acids is 1. The molecule has 0 fully saturated rings. The number of pyridine rings is 1. The number of anilines is 2. The predicted molar refractivity (Wildman–Crippen MR) is 101 cm³/mol. The lowest BCUT2D eigenvalue weighted by Crippen LogP contribution is -2.27. The highest BCUT2D eigenvalue weighted by molar-refractivity contribution is 6.30. The number of hydrogen-bond acceptors (Lipinski definition) is 4. The van der Waals surface area contributed by atoms with Gasteiger partial charge < -0.3 is 11.1 Å². The molecule has 0 atom stereocenters. The summed E-state index contributed by atoms with van der Waals surface area (Å²) in [5.74, 6) is -0.585. The number of hydrogen-bond donors (Lipinski definition) is 2. The summed E-state index contributed by atoms with van der Waals surface area (Å²) in [5.41, 5.74) is 6.30. The third kappa shape index (κ3) is 3.29. The molecule has 1 aromatic heterocycles. The largest absolute Gasteiger partial charge is 0.384 e. The van der Waals surface area contributed by atoms with Gasteiger partial charge in [-0.15, -0.1) is 0 Å². The standard InChI is InChI=1S/C19H13ClN4O2/c20-13-6-8-15(9-7-13)24-17(22)16(10-12(11-21)19(24)26)18(25)23-14-4-2-1-3-5-14/h1-10H,22H2,(H,23,25). The molecule has 3 N–H and O–H groups in total. The second-order valence-corrected chi connectivity index (χ2v) is 5.84. The number of nitrogen functional groups attached to an aromatic ring is 1. The van der Waals surface area contributed by atoms with E-state index in [0.717, 1.165) is 4.57 Å². The predicted octanol–water partition coefficient (Wildman–Crippen LogP) is 3.20. The molecule has 0 radical (unpaired) electrons. The Morgan fingerprint density at radius 3 is 2.38 bits per heavy atom. The number of benzene rings is 2. The SMILES string of the molecule is N#Cc1cc(C(=O)Nc2ccccc2)c(N)n(-c2ccc(Cl)cc2)c1=O. The molecule has 2 aromatic carbocycles. The first-order valence-electron chi connectivity index (χ1n) is 7.59. The summed E-state index contributed by atoms with van der Waals surface area (Å²) in [7, 11) is 0. The van der Waals surface area contributed by atoms with E-state index in [2.05, 4.69) is 5.32 Å². The van der Waals surface area contributed by atoms with Gasteiger partial charge in [0, 0.05) is 10.7 Å². The molecule has 0 spiro atoms. The summed E-state index contributed by atoms with van der Waals surface area (Å²) < 4.78 is 1.12. The minimum absolute atomic E-state index is 0.0277. The van der Waals surface area contributed by atoms with E-state index in [1.54, 1.807) is 48.5 Å². The number of amides is 1. The Morgan fingerprint density at radius 2 is 1.77 bits per heavy atom. The smallest absolute Gasteiger partial charge is 0.274 e. The Labute approximate surface area is 154 Å². The average molecular weight is 365 g/mol. The second-order valence-electron chi connectivity index (χ2n) is 5.41. The van der Waals surface area contributed by atoms with Gasteiger partial charge in [0.05, 0.1) is 11.3 Å². The van der Waals surface area contributed by atoms with E-state index in [1.807, 2.05) is 12.1 Å². The molecule has 0 unspecified atom stereocenters. The van der Waals surface area contributed by atoms with Crippen molar-refractivity contribution >= 4 is 29.0 Å². The van der Waals surface area contributed by atoms with Crippen LogP contribution in [-0.2, 0) is 0 Å². The molecular weight excluding hydrogens is 352 g/mol. The normalized spacial score (nSPS) is 10.2. The molecule has 0 aliphatic rings. The van der Waals surface area contributed by atoms with Crippen LogP contribution in [-0.4, -0.2) is 10.5 Å². The fraction of sp³-hybridized carbons (Fsp3) is 0. The minimum Gasteiger partial charge on any atom is -0.384 e. The summed E-state index contributed by atoms with van der Waals surface area (Å²) >= 11 is 5.87. The van der Waals surface area contributed by atoms with Crippen LogP contribution < -0.4 is 16.6 Å². The van der Waals surface area contributed by atoms with Crippen LogP contribution in [0.15, 0.2) is 65.5 Å². The molecule has 0 saturated carbocycles. The number of carbonyl (C=O) groups is 1. The van der Waals surface area contributed by atoms with Gasteiger partial charge in [-0.05, 0) is 42.5 Å². The lowest BCUT2D eigenvalue weighted by Gasteiger charge is -2.14. The quantitative estimate of drug-likeness (QED) is 0.745. The van der Waals surface area contributed by atoms with Gasteiger partial charge in [0.15, 0.2) is 0 Å². The molecular formula is C19H13ClN4O2. The molecule has 0 aliphatic carbocycles. The van der Waals surface area contributed by atoms with E-state index >= 15 is 0 Å². The number of nitrogens with zero attached hydrogens (tertiary/aromatic N) is 2. The van der Waals surface area contributed by atoms with Crippen molar-refractivity contribution < 1.29 is 4.79 Å². The van der Waals surface area contributed by atoms with Crippen molar-refractivity contribution in [2.75, 3.05) is 11.1 Å². The fourth-order valence-corrected chi connectivity index (χ4v) is 2.58. The monoisotopic (exact) mass is 364 g/mol. The zero-order valence-electron chi connectivity index (χ0n) is 13.4. The third-order valence-electron chi connectivity index (χ3n) is 3.72. The molecule has 0 saturated heterocycles. The second kappa shape index (κ2) is 7.13. The van der Waals surface area contributed by atoms with Crippen LogP contribution in [0, 0.1) is 11.3 Å². The highest BCUT2D eigenvalue weighted by atomic mass is 35.5. The Balaban J connectivity index is 2.13. The van der Waals surface area contributed by atoms with Gasteiger partial charge in [-0.3, -0.25) is 14.2 Å². The highest BCUT2D eigenvalue weighted by Gasteiger charge is 2.19. The molecule has 3 rings (SSSR count). The number of nitriles is 1. The van der Waals surface area contributed by atoms with Crippen LogP contribution >= 0.6 is 11.6 Å². The Kier molecular flexibility index (Phi) is 4.74. The van der Waals surface area contributed by atoms with E-state index < -0.39 is 11.5 Å². The van der Waals surface area contributed by atoms with Crippen LogP contribution in [0.5, 0.6) is 0 Å². The third-order valence-corrected chi connectivity index (χ3v) is 3.97. The first-order chi connectivity index (χ1) is 12.5. The van der Waals surface area contributed by atoms with Gasteiger partial charge >= 0.3 is 0 Å². The molecule has 1 amide bonds. The molecule has 128 valence electrons. The number of nitrogens with two attached hydrogens (primary N) is 1. The van der Waals surface area contributed by atoms with Gasteiger partial charge in [0.2, 0.25) is 0 Å². The van der Waals surface area contributed by atoms with Crippen molar-refractivity contribution in [2.45, 2.75) is 0 Å². The van der Waals surface area contributed by atoms with E-state index in [1.165, 1.54) is 6.07 Å². The topological polar surface area (TPSA) is 101 Å². The zero-order valence-corrected chi connectivity index (χ0v) is 14.2. The number of halogens is 1. The summed E-state index contributed by atoms with van der Waals surface area (Å²) in [6, 6.07) is 18.1. The maximum Gasteiger partial charge on any atom is 0.274 e. The Bertz CT molecular complexity index is 1070. The van der Waals surface area contributed by atoms with Gasteiger partial charge in [-0.25, -0.2) is 0 Å². The molecule has 1 heterocycles. The summed E-state index contributed by atoms with van der Waals surface area (Å²) in [4.78, 5) is 25.2. The van der Waals surface area contributed by atoms with Gasteiger partial charge in [-0.1, -0.05) is 29.8 Å². The van der Waals surface area contributed by atoms with Crippen molar-refractivity contribution in [2.24, 2.45) is 0 Å². The molecule has 6 nitrogen and oxygen atoms in total. The van der Waals surface area contributed by atoms with Crippen molar-refractivity contribution in [1.29, 1.82) is 5.26 Å². The van der Waals surface area contributed by atoms with Gasteiger partial charge in [0.1, 0.15) is 17.5 Å². The van der Waals surface area contributed by atoms with Gasteiger partial charge in [0.25, 0.3) is 11.5 Å². The number of rotatable bonds is 3. The summed E-state index contributed by atoms with van der Waals surface area (Å²) in [5, 5.41) is 12.4. The Hall–Kier alpha value is -3.56. The maximum atomic E-state index is 12.6. The fourth-order valence-electron chi connectivity index (χ4n) is 2.46. The van der Waals surface area contributed by atoms with E-state index in [4.69, 9.17) is 17.3 Å². The van der Waals surface area contributed by atoms with E-state index in [0.29, 0.717) is 16.4 Å². The molecule has 3 aromatic rings. The maximum absolute atomic E-state index is 12.6. The summed E-state index contributed by atoms with van der Waals surface area (Å²) in [6.07, 6.45) is 0. The summed E-state index contributed by atoms with van der Waals surface area (Å²) in [6.45, 7) is 0. The van der Waals surface area contributed by atoms with Crippen molar-refractivity contribution in [1.82, 2.24) is 4.57 Å². The van der Waals surface area contributed by atoms with Crippen molar-refractivity contribution in [3.05, 3.63) is 87.2 Å². The first kappa shape index (κ1) is 17.3. The molecule has 0 bridgehead atoms. The van der Waals surface area contributed by atoms with Crippen LogP contribution in [0.1, 0.15) is 15.9 Å². The average Bonchev–Trinajstić information content (AvgIpc) is 2.64. The van der Waals surface area contributed by atoms with Crippen LogP contribution in [0.25, 0.3) is 5.69 Å². The van der Waals surface area contributed by atoms with E-state index in [-0.39, 0.29) is 16.9 Å². The van der Waals surface area contributed by atoms with E-state index in [9.17, 15) is 14.9 Å². The lowest BCUT2D eigenvalue weighted by molar-refractivity contribution is 0.102. The molecule has 26 heavy (non-hydrogen) atoms. The Morgan fingerprint density at radius 1 is 1.12 bits per heavy atom. The zero-order chi connectivity index (χ0) is 18.7. The van der Waals surface area contributed by atoms with Crippen molar-refractivity contribution in [3.63, 3.8) is 0 Å². The highest BCUT2D eigenvalue weighted by Crippen LogP contribution is 2.20. The van der Waals surface area contributed by atoms with Crippen LogP contribution in [0.3, 0.4) is 0 Å². The molecule has 0 aliphatic heterocycles. The van der Waals surface area contributed by atoms with Crippen LogP contribution in [0.2, 0.25) is 5.02 Å².